The highest BCUT2D eigenvalue weighted by atomic mass is 32.2. The Hall–Kier alpha value is -1.93. The Kier molecular flexibility index (Phi) is 4.82. The summed E-state index contributed by atoms with van der Waals surface area (Å²) in [5, 5.41) is 0. The molecule has 22 heavy (non-hydrogen) atoms. The first-order valence-electron chi connectivity index (χ1n) is 6.32. The van der Waals surface area contributed by atoms with Crippen LogP contribution in [0.5, 0.6) is 0 Å². The second-order valence-corrected chi connectivity index (χ2v) is 6.64. The van der Waals surface area contributed by atoms with E-state index in [-0.39, 0.29) is 12.6 Å². The van der Waals surface area contributed by atoms with E-state index in [4.69, 9.17) is 0 Å². The highest BCUT2D eigenvalue weighted by molar-refractivity contribution is 7.89. The van der Waals surface area contributed by atoms with Gasteiger partial charge in [-0.2, -0.15) is 0 Å². The number of benzene rings is 1. The minimum Gasteiger partial charge on any atom is -0.265 e. The van der Waals surface area contributed by atoms with Gasteiger partial charge >= 0.3 is 0 Å². The van der Waals surface area contributed by atoms with Crippen LogP contribution in [0.4, 0.5) is 13.2 Å². The molecule has 0 radical (unpaired) electrons. The van der Waals surface area contributed by atoms with Crippen molar-refractivity contribution in [3.8, 4) is 0 Å². The highest BCUT2D eigenvalue weighted by Gasteiger charge is 2.26. The van der Waals surface area contributed by atoms with Gasteiger partial charge in [0.15, 0.2) is 11.6 Å². The second kappa shape index (κ2) is 6.45. The van der Waals surface area contributed by atoms with E-state index in [1.165, 1.54) is 7.05 Å². The van der Waals surface area contributed by atoms with Crippen molar-refractivity contribution in [2.75, 3.05) is 13.6 Å². The summed E-state index contributed by atoms with van der Waals surface area (Å²) in [5.41, 5.74) is 0.850. The first kappa shape index (κ1) is 16.4. The average Bonchev–Trinajstić information content (AvgIpc) is 2.49. The third-order valence-electron chi connectivity index (χ3n) is 3.13. The van der Waals surface area contributed by atoms with Crippen LogP contribution in [0, 0.1) is 17.5 Å². The molecule has 118 valence electrons. The molecule has 0 saturated carbocycles. The van der Waals surface area contributed by atoms with Crippen LogP contribution >= 0.6 is 0 Å². The van der Waals surface area contributed by atoms with Crippen LogP contribution in [0.1, 0.15) is 5.56 Å². The molecule has 0 atom stereocenters. The number of hydrogen-bond acceptors (Lipinski definition) is 3. The number of nitrogens with zero attached hydrogens (tertiary/aromatic N) is 2. The fourth-order valence-corrected chi connectivity index (χ4v) is 3.05. The molecule has 0 amide bonds. The number of hydrogen-bond donors (Lipinski definition) is 0. The molecule has 8 heteroatoms. The Morgan fingerprint density at radius 2 is 1.64 bits per heavy atom. The molecule has 1 heterocycles. The zero-order valence-electron chi connectivity index (χ0n) is 11.6. The van der Waals surface area contributed by atoms with Crippen LogP contribution < -0.4 is 0 Å². The van der Waals surface area contributed by atoms with E-state index in [1.54, 1.807) is 24.5 Å². The molecule has 0 fully saturated rings. The Morgan fingerprint density at radius 3 is 2.27 bits per heavy atom. The van der Waals surface area contributed by atoms with E-state index < -0.39 is 32.4 Å². The second-order valence-electron chi connectivity index (χ2n) is 4.63. The lowest BCUT2D eigenvalue weighted by Crippen LogP contribution is -2.30. The van der Waals surface area contributed by atoms with Gasteiger partial charge in [-0.05, 0) is 30.2 Å². The molecule has 0 spiro atoms. The molecule has 0 bridgehead atoms. The van der Waals surface area contributed by atoms with Crippen LogP contribution in [0.25, 0.3) is 0 Å². The molecule has 0 unspecified atom stereocenters. The minimum absolute atomic E-state index is 0.0603. The van der Waals surface area contributed by atoms with Gasteiger partial charge < -0.3 is 0 Å². The smallest absolute Gasteiger partial charge is 0.245 e. The monoisotopic (exact) mass is 330 g/mol. The molecular formula is C14H13F3N2O2S. The van der Waals surface area contributed by atoms with Gasteiger partial charge in [-0.15, -0.1) is 0 Å². The summed E-state index contributed by atoms with van der Waals surface area (Å²) in [6, 6.07) is 4.01. The summed E-state index contributed by atoms with van der Waals surface area (Å²) in [6.45, 7) is 0.0603. The molecule has 1 aromatic heterocycles. The Balaban J connectivity index is 2.21. The lowest BCUT2D eigenvalue weighted by atomic mass is 10.2. The van der Waals surface area contributed by atoms with Crippen molar-refractivity contribution in [1.82, 2.24) is 9.29 Å². The van der Waals surface area contributed by atoms with Crippen molar-refractivity contribution in [3.63, 3.8) is 0 Å². The van der Waals surface area contributed by atoms with Crippen molar-refractivity contribution in [2.45, 2.75) is 11.3 Å². The van der Waals surface area contributed by atoms with E-state index in [0.717, 1.165) is 9.87 Å². The lowest BCUT2D eigenvalue weighted by Gasteiger charge is -2.17. The quantitative estimate of drug-likeness (QED) is 0.791. The summed E-state index contributed by atoms with van der Waals surface area (Å²) in [6.07, 6.45) is 3.52. The van der Waals surface area contributed by atoms with Crippen LogP contribution in [0.15, 0.2) is 41.6 Å². The number of sulfonamides is 1. The molecule has 0 saturated heterocycles. The zero-order valence-corrected chi connectivity index (χ0v) is 12.4. The summed E-state index contributed by atoms with van der Waals surface area (Å²) in [5.74, 6) is -4.17. The third kappa shape index (κ3) is 3.45. The maximum Gasteiger partial charge on any atom is 0.245 e. The van der Waals surface area contributed by atoms with Crippen molar-refractivity contribution >= 4 is 10.0 Å². The fraction of sp³-hybridized carbons (Fsp3) is 0.214. The molecule has 2 aromatic rings. The van der Waals surface area contributed by atoms with Gasteiger partial charge in [0.05, 0.1) is 0 Å². The fourth-order valence-electron chi connectivity index (χ4n) is 1.83. The van der Waals surface area contributed by atoms with Gasteiger partial charge in [0, 0.05) is 32.1 Å². The number of likely N-dealkylation sites (N-methyl/N-ethyl adjacent to an activating group) is 1. The average molecular weight is 330 g/mol. The van der Waals surface area contributed by atoms with Gasteiger partial charge in [0.25, 0.3) is 0 Å². The maximum absolute atomic E-state index is 13.6. The van der Waals surface area contributed by atoms with Crippen LogP contribution in [0.3, 0.4) is 0 Å². The van der Waals surface area contributed by atoms with E-state index in [9.17, 15) is 21.6 Å². The molecule has 4 nitrogen and oxygen atoms in total. The van der Waals surface area contributed by atoms with Crippen molar-refractivity contribution in [1.29, 1.82) is 0 Å². The number of aromatic nitrogens is 1. The van der Waals surface area contributed by atoms with E-state index in [1.807, 2.05) is 0 Å². The van der Waals surface area contributed by atoms with E-state index in [0.29, 0.717) is 12.5 Å². The van der Waals surface area contributed by atoms with Crippen molar-refractivity contribution in [3.05, 3.63) is 59.7 Å². The van der Waals surface area contributed by atoms with Gasteiger partial charge in [0.2, 0.25) is 10.0 Å². The summed E-state index contributed by atoms with van der Waals surface area (Å²) >= 11 is 0. The standard InChI is InChI=1S/C14H13F3N2O2S/c1-19(7-4-10-2-5-18-6-3-10)22(20,21)14-9-12(16)11(15)8-13(14)17/h2-3,5-6,8-9H,4,7H2,1H3. The minimum atomic E-state index is -4.24. The Labute approximate surface area is 126 Å². The third-order valence-corrected chi connectivity index (χ3v) is 5.00. The summed E-state index contributed by atoms with van der Waals surface area (Å²) in [7, 11) is -3.00. The van der Waals surface area contributed by atoms with Crippen molar-refractivity contribution < 1.29 is 21.6 Å². The maximum atomic E-state index is 13.6. The van der Waals surface area contributed by atoms with E-state index >= 15 is 0 Å². The van der Waals surface area contributed by atoms with Gasteiger partial charge in [-0.1, -0.05) is 0 Å². The largest absolute Gasteiger partial charge is 0.265 e. The molecule has 0 aliphatic carbocycles. The van der Waals surface area contributed by atoms with Crippen LogP contribution in [0.2, 0.25) is 0 Å². The molecule has 0 aliphatic rings. The molecule has 1 aromatic carbocycles. The predicted molar refractivity (Wildman–Crippen MR) is 74.1 cm³/mol. The van der Waals surface area contributed by atoms with Crippen molar-refractivity contribution in [2.24, 2.45) is 0 Å². The van der Waals surface area contributed by atoms with Crippen LogP contribution in [-0.4, -0.2) is 31.3 Å². The predicted octanol–water partition coefficient (Wildman–Crippen LogP) is 2.36. The molecular weight excluding hydrogens is 317 g/mol. The molecule has 2 rings (SSSR count). The Bertz CT molecular complexity index is 767. The summed E-state index contributed by atoms with van der Waals surface area (Å²) in [4.78, 5) is 2.95. The van der Waals surface area contributed by atoms with Gasteiger partial charge in [-0.25, -0.2) is 25.9 Å². The lowest BCUT2D eigenvalue weighted by molar-refractivity contribution is 0.454. The topological polar surface area (TPSA) is 50.3 Å². The number of rotatable bonds is 5. The van der Waals surface area contributed by atoms with E-state index in [2.05, 4.69) is 4.98 Å². The molecule has 0 aliphatic heterocycles. The Morgan fingerprint density at radius 1 is 1.05 bits per heavy atom. The number of pyridine rings is 1. The first-order chi connectivity index (χ1) is 10.3. The summed E-state index contributed by atoms with van der Waals surface area (Å²) < 4.78 is 65.0. The van der Waals surface area contributed by atoms with Gasteiger partial charge in [-0.3, -0.25) is 4.98 Å². The highest BCUT2D eigenvalue weighted by Crippen LogP contribution is 2.21. The zero-order chi connectivity index (χ0) is 16.3. The molecule has 0 N–H and O–H groups in total. The number of halogens is 3. The van der Waals surface area contributed by atoms with Gasteiger partial charge in [0.1, 0.15) is 10.7 Å². The van der Waals surface area contributed by atoms with Crippen LogP contribution in [-0.2, 0) is 16.4 Å². The first-order valence-corrected chi connectivity index (χ1v) is 7.76. The normalized spacial score (nSPS) is 11.9. The SMILES string of the molecule is CN(CCc1ccncc1)S(=O)(=O)c1cc(F)c(F)cc1F.